The third kappa shape index (κ3) is 3.53. The summed E-state index contributed by atoms with van der Waals surface area (Å²) in [5.41, 5.74) is -3.46. The number of benzene rings is 2. The van der Waals surface area contributed by atoms with Crippen molar-refractivity contribution < 1.29 is 32.5 Å². The van der Waals surface area contributed by atoms with Crippen LogP contribution in [0.2, 0.25) is 0 Å². The van der Waals surface area contributed by atoms with Crippen LogP contribution in [0, 0.1) is 0 Å². The van der Waals surface area contributed by atoms with Gasteiger partial charge in [-0.25, -0.2) is 0 Å². The Labute approximate surface area is 158 Å². The van der Waals surface area contributed by atoms with Gasteiger partial charge in [0, 0.05) is 11.1 Å². The minimum atomic E-state index is -4.79. The number of hydrazone groups is 1. The molecular formula is C19H17F3N2O4. The van der Waals surface area contributed by atoms with Crippen LogP contribution in [0.5, 0.6) is 11.5 Å². The van der Waals surface area contributed by atoms with Crippen LogP contribution in [-0.4, -0.2) is 42.1 Å². The Morgan fingerprint density at radius 2 is 1.75 bits per heavy atom. The van der Waals surface area contributed by atoms with E-state index in [2.05, 4.69) is 5.10 Å². The molecule has 1 amide bonds. The van der Waals surface area contributed by atoms with E-state index in [1.165, 1.54) is 56.7 Å². The summed E-state index contributed by atoms with van der Waals surface area (Å²) in [6, 6.07) is 11.6. The molecule has 0 aromatic heterocycles. The molecule has 1 atom stereocenters. The molecular weight excluding hydrogens is 377 g/mol. The maximum atomic E-state index is 13.3. The number of aliphatic hydroxyl groups is 1. The fourth-order valence-electron chi connectivity index (χ4n) is 2.87. The van der Waals surface area contributed by atoms with Crippen LogP contribution in [0.15, 0.2) is 53.6 Å². The Morgan fingerprint density at radius 3 is 2.32 bits per heavy atom. The van der Waals surface area contributed by atoms with Crippen molar-refractivity contribution in [3.05, 3.63) is 59.7 Å². The van der Waals surface area contributed by atoms with Crippen molar-refractivity contribution in [2.24, 2.45) is 5.10 Å². The summed E-state index contributed by atoms with van der Waals surface area (Å²) < 4.78 is 49.9. The van der Waals surface area contributed by atoms with Gasteiger partial charge in [-0.2, -0.15) is 23.3 Å². The number of halogens is 3. The lowest BCUT2D eigenvalue weighted by molar-refractivity contribution is -0.0816. The van der Waals surface area contributed by atoms with E-state index in [0.29, 0.717) is 16.5 Å². The average molecular weight is 394 g/mol. The Morgan fingerprint density at radius 1 is 1.11 bits per heavy atom. The molecule has 2 aromatic carbocycles. The Hall–Kier alpha value is -3.07. The quantitative estimate of drug-likeness (QED) is 0.864. The third-order valence-corrected chi connectivity index (χ3v) is 4.37. The highest BCUT2D eigenvalue weighted by atomic mass is 19.4. The van der Waals surface area contributed by atoms with Gasteiger partial charge < -0.3 is 14.6 Å². The highest BCUT2D eigenvalue weighted by Gasteiger charge is 2.53. The lowest BCUT2D eigenvalue weighted by Crippen LogP contribution is -2.43. The van der Waals surface area contributed by atoms with Crippen molar-refractivity contribution in [1.29, 1.82) is 0 Å². The second kappa shape index (κ2) is 7.16. The van der Waals surface area contributed by atoms with Crippen LogP contribution in [0.25, 0.3) is 0 Å². The number of nitrogens with zero attached hydrogens (tertiary/aromatic N) is 2. The minimum absolute atomic E-state index is 0.0503. The zero-order valence-corrected chi connectivity index (χ0v) is 15.0. The van der Waals surface area contributed by atoms with Gasteiger partial charge in [0.2, 0.25) is 0 Å². The van der Waals surface area contributed by atoms with Crippen LogP contribution in [0.3, 0.4) is 0 Å². The summed E-state index contributed by atoms with van der Waals surface area (Å²) in [7, 11) is 2.83. The van der Waals surface area contributed by atoms with Gasteiger partial charge >= 0.3 is 6.18 Å². The molecule has 0 unspecified atom stereocenters. The fraction of sp³-hybridized carbons (Fsp3) is 0.263. The molecule has 0 saturated heterocycles. The molecule has 0 aliphatic carbocycles. The first kappa shape index (κ1) is 19.7. The highest BCUT2D eigenvalue weighted by molar-refractivity contribution is 6.00. The molecule has 1 aliphatic heterocycles. The largest absolute Gasteiger partial charge is 0.497 e. The van der Waals surface area contributed by atoms with E-state index >= 15 is 0 Å². The molecule has 148 valence electrons. The highest BCUT2D eigenvalue weighted by Crippen LogP contribution is 2.41. The maximum absolute atomic E-state index is 13.3. The van der Waals surface area contributed by atoms with Gasteiger partial charge in [-0.1, -0.05) is 12.1 Å². The molecule has 0 fully saturated rings. The van der Waals surface area contributed by atoms with E-state index in [1.807, 2.05) is 0 Å². The average Bonchev–Trinajstić information content (AvgIpc) is 3.07. The minimum Gasteiger partial charge on any atom is -0.497 e. The summed E-state index contributed by atoms with van der Waals surface area (Å²) in [6.07, 6.45) is -5.69. The van der Waals surface area contributed by atoms with Crippen molar-refractivity contribution in [3.63, 3.8) is 0 Å². The Bertz CT molecular complexity index is 912. The smallest absolute Gasteiger partial charge is 0.431 e. The Balaban J connectivity index is 2.06. The molecule has 1 aliphatic rings. The molecule has 9 heteroatoms. The first-order chi connectivity index (χ1) is 13.2. The van der Waals surface area contributed by atoms with E-state index in [-0.39, 0.29) is 11.1 Å². The summed E-state index contributed by atoms with van der Waals surface area (Å²) in [5, 5.41) is 15.0. The van der Waals surface area contributed by atoms with Crippen molar-refractivity contribution in [1.82, 2.24) is 5.01 Å². The van der Waals surface area contributed by atoms with Crippen molar-refractivity contribution in [2.45, 2.75) is 18.3 Å². The maximum Gasteiger partial charge on any atom is 0.431 e. The lowest BCUT2D eigenvalue weighted by Gasteiger charge is -2.31. The van der Waals surface area contributed by atoms with Crippen molar-refractivity contribution >= 4 is 11.6 Å². The van der Waals surface area contributed by atoms with Gasteiger partial charge in [0.15, 0.2) is 5.72 Å². The number of hydrogen-bond donors (Lipinski definition) is 1. The topological polar surface area (TPSA) is 71.4 Å². The van der Waals surface area contributed by atoms with E-state index < -0.39 is 29.9 Å². The molecule has 0 bridgehead atoms. The van der Waals surface area contributed by atoms with E-state index in [1.54, 1.807) is 6.07 Å². The van der Waals surface area contributed by atoms with Gasteiger partial charge in [-0.3, -0.25) is 4.79 Å². The summed E-state index contributed by atoms with van der Waals surface area (Å²) in [4.78, 5) is 12.9. The van der Waals surface area contributed by atoms with Crippen LogP contribution < -0.4 is 9.47 Å². The number of ether oxygens (including phenoxy) is 2. The van der Waals surface area contributed by atoms with Crippen LogP contribution in [-0.2, 0) is 5.72 Å². The second-order valence-corrected chi connectivity index (χ2v) is 6.12. The molecule has 1 heterocycles. The van der Waals surface area contributed by atoms with Crippen LogP contribution in [0.4, 0.5) is 13.2 Å². The molecule has 28 heavy (non-hydrogen) atoms. The SMILES string of the molecule is COc1ccc(C(=O)N2N=C(C(F)(F)F)C[C@]2(O)c2cccc(OC)c2)cc1. The van der Waals surface area contributed by atoms with Gasteiger partial charge in [-0.05, 0) is 36.4 Å². The predicted octanol–water partition coefficient (Wildman–Crippen LogP) is 3.31. The number of amides is 1. The fourth-order valence-corrected chi connectivity index (χ4v) is 2.87. The van der Waals surface area contributed by atoms with Crippen molar-refractivity contribution in [2.75, 3.05) is 14.2 Å². The molecule has 0 saturated carbocycles. The first-order valence-electron chi connectivity index (χ1n) is 8.19. The number of carbonyl (C=O) groups excluding carboxylic acids is 1. The zero-order chi connectivity index (χ0) is 20.5. The standard InChI is InChI=1S/C19H17F3N2O4/c1-27-14-8-6-12(7-9-14)17(25)24-18(26,11-16(23-24)19(20,21)22)13-4-3-5-15(10-13)28-2/h3-10,26H,11H2,1-2H3/t18-/m0/s1. The normalized spacial score (nSPS) is 19.4. The van der Waals surface area contributed by atoms with E-state index in [4.69, 9.17) is 9.47 Å². The molecule has 0 radical (unpaired) electrons. The van der Waals surface area contributed by atoms with E-state index in [0.717, 1.165) is 0 Å². The van der Waals surface area contributed by atoms with Gasteiger partial charge in [0.05, 0.1) is 20.6 Å². The number of alkyl halides is 3. The molecule has 6 nitrogen and oxygen atoms in total. The predicted molar refractivity (Wildman–Crippen MR) is 94.2 cm³/mol. The molecule has 1 N–H and O–H groups in total. The van der Waals surface area contributed by atoms with Gasteiger partial charge in [0.25, 0.3) is 5.91 Å². The number of rotatable bonds is 4. The molecule has 3 rings (SSSR count). The number of methoxy groups -OCH3 is 2. The summed E-state index contributed by atoms with van der Waals surface area (Å²) >= 11 is 0. The van der Waals surface area contributed by atoms with Crippen LogP contribution in [0.1, 0.15) is 22.3 Å². The van der Waals surface area contributed by atoms with Crippen molar-refractivity contribution in [3.8, 4) is 11.5 Å². The first-order valence-corrected chi connectivity index (χ1v) is 8.19. The number of hydrogen-bond acceptors (Lipinski definition) is 5. The Kier molecular flexibility index (Phi) is 5.03. The van der Waals surface area contributed by atoms with Gasteiger partial charge in [0.1, 0.15) is 17.2 Å². The lowest BCUT2D eigenvalue weighted by atomic mass is 9.96. The second-order valence-electron chi connectivity index (χ2n) is 6.12. The molecule has 2 aromatic rings. The van der Waals surface area contributed by atoms with Gasteiger partial charge in [-0.15, -0.1) is 0 Å². The number of carbonyl (C=O) groups is 1. The van der Waals surface area contributed by atoms with E-state index in [9.17, 15) is 23.1 Å². The molecule has 0 spiro atoms. The van der Waals surface area contributed by atoms with Crippen LogP contribution >= 0.6 is 0 Å². The third-order valence-electron chi connectivity index (χ3n) is 4.37. The summed E-state index contributed by atoms with van der Waals surface area (Å²) in [5.74, 6) is -0.0871. The monoisotopic (exact) mass is 394 g/mol. The summed E-state index contributed by atoms with van der Waals surface area (Å²) in [6.45, 7) is 0. The zero-order valence-electron chi connectivity index (χ0n) is 15.0.